The monoisotopic (exact) mass is 360 g/mol. The van der Waals surface area contributed by atoms with Crippen molar-refractivity contribution in [3.05, 3.63) is 29.3 Å². The number of methoxy groups -OCH3 is 1. The molecule has 1 fully saturated rings. The Balaban J connectivity index is 1.81. The van der Waals surface area contributed by atoms with Crippen molar-refractivity contribution >= 4 is 11.9 Å². The van der Waals surface area contributed by atoms with Crippen molar-refractivity contribution in [1.82, 2.24) is 15.5 Å². The Morgan fingerprint density at radius 3 is 2.81 bits per heavy atom. The lowest BCUT2D eigenvalue weighted by atomic mass is 10.1. The number of hydrogen-bond acceptors (Lipinski definition) is 3. The molecule has 6 nitrogen and oxygen atoms in total. The molecule has 1 heterocycles. The molecule has 1 saturated heterocycles. The van der Waals surface area contributed by atoms with Gasteiger partial charge in [0.15, 0.2) is 5.96 Å². The second-order valence-electron chi connectivity index (χ2n) is 6.71. The van der Waals surface area contributed by atoms with E-state index in [1.54, 1.807) is 14.2 Å². The van der Waals surface area contributed by atoms with Gasteiger partial charge in [-0.3, -0.25) is 9.79 Å². The first kappa shape index (κ1) is 20.1. The molecule has 26 heavy (non-hydrogen) atoms. The summed E-state index contributed by atoms with van der Waals surface area (Å²) in [7, 11) is 3.46. The van der Waals surface area contributed by atoms with Crippen LogP contribution in [0.15, 0.2) is 23.2 Å². The lowest BCUT2D eigenvalue weighted by Crippen LogP contribution is -2.41. The standard InChI is InChI=1S/C20H32N4O2/c1-5-17(24-12-6-7-19(24)25)10-11-22-20(21-3)23-14-16-9-8-15(2)13-18(16)26-4/h8-9,13,17H,5-7,10-12,14H2,1-4H3,(H2,21,22,23). The fraction of sp³-hybridized carbons (Fsp3) is 0.600. The van der Waals surface area contributed by atoms with E-state index in [4.69, 9.17) is 4.74 Å². The van der Waals surface area contributed by atoms with Crippen LogP contribution in [-0.2, 0) is 11.3 Å². The summed E-state index contributed by atoms with van der Waals surface area (Å²) in [5.74, 6) is 1.94. The maximum Gasteiger partial charge on any atom is 0.222 e. The molecule has 1 unspecified atom stereocenters. The van der Waals surface area contributed by atoms with Gasteiger partial charge in [0, 0.05) is 44.7 Å². The summed E-state index contributed by atoms with van der Waals surface area (Å²) in [5.41, 5.74) is 2.27. The van der Waals surface area contributed by atoms with Crippen molar-refractivity contribution in [3.8, 4) is 5.75 Å². The van der Waals surface area contributed by atoms with Crippen LogP contribution < -0.4 is 15.4 Å². The Morgan fingerprint density at radius 1 is 1.38 bits per heavy atom. The summed E-state index contributed by atoms with van der Waals surface area (Å²) in [6, 6.07) is 6.49. The normalized spacial score (nSPS) is 15.9. The third-order valence-corrected chi connectivity index (χ3v) is 4.90. The van der Waals surface area contributed by atoms with E-state index in [1.165, 1.54) is 5.56 Å². The van der Waals surface area contributed by atoms with Crippen molar-refractivity contribution in [1.29, 1.82) is 0 Å². The summed E-state index contributed by atoms with van der Waals surface area (Å²) in [5, 5.41) is 6.68. The number of aliphatic imine (C=N–C) groups is 1. The number of nitrogens with one attached hydrogen (secondary N) is 2. The topological polar surface area (TPSA) is 66.0 Å². The van der Waals surface area contributed by atoms with Gasteiger partial charge >= 0.3 is 0 Å². The van der Waals surface area contributed by atoms with Gasteiger partial charge in [-0.1, -0.05) is 19.1 Å². The maximum absolute atomic E-state index is 11.9. The zero-order chi connectivity index (χ0) is 18.9. The molecular formula is C20H32N4O2. The number of hydrogen-bond donors (Lipinski definition) is 2. The van der Waals surface area contributed by atoms with Crippen molar-refractivity contribution < 1.29 is 9.53 Å². The van der Waals surface area contributed by atoms with Crippen LogP contribution >= 0.6 is 0 Å². The zero-order valence-electron chi connectivity index (χ0n) is 16.5. The van der Waals surface area contributed by atoms with Gasteiger partial charge < -0.3 is 20.3 Å². The number of benzene rings is 1. The third kappa shape index (κ3) is 5.38. The van der Waals surface area contributed by atoms with Gasteiger partial charge in [-0.15, -0.1) is 0 Å². The Labute approximate surface area is 157 Å². The number of nitrogens with zero attached hydrogens (tertiary/aromatic N) is 2. The molecule has 1 amide bonds. The molecule has 0 spiro atoms. The Kier molecular flexibility index (Phi) is 7.75. The average molecular weight is 361 g/mol. The molecule has 0 aromatic heterocycles. The molecule has 0 bridgehead atoms. The molecule has 1 aromatic rings. The summed E-state index contributed by atoms with van der Waals surface area (Å²) >= 11 is 0. The van der Waals surface area contributed by atoms with E-state index in [0.29, 0.717) is 24.9 Å². The van der Waals surface area contributed by atoms with Gasteiger partial charge in [0.05, 0.1) is 7.11 Å². The van der Waals surface area contributed by atoms with E-state index < -0.39 is 0 Å². The average Bonchev–Trinajstić information content (AvgIpc) is 3.07. The predicted molar refractivity (Wildman–Crippen MR) is 106 cm³/mol. The second-order valence-corrected chi connectivity index (χ2v) is 6.71. The van der Waals surface area contributed by atoms with E-state index in [9.17, 15) is 4.79 Å². The number of aryl methyl sites for hydroxylation is 1. The summed E-state index contributed by atoms with van der Waals surface area (Å²) in [6.45, 7) is 6.53. The molecule has 1 aliphatic heterocycles. The molecule has 1 aliphatic rings. The molecule has 6 heteroatoms. The fourth-order valence-electron chi connectivity index (χ4n) is 3.39. The number of likely N-dealkylation sites (tertiary alicyclic amines) is 1. The number of rotatable bonds is 8. The minimum absolute atomic E-state index is 0.297. The highest BCUT2D eigenvalue weighted by Gasteiger charge is 2.26. The van der Waals surface area contributed by atoms with E-state index in [0.717, 1.165) is 49.6 Å². The minimum Gasteiger partial charge on any atom is -0.496 e. The number of amides is 1. The van der Waals surface area contributed by atoms with Crippen molar-refractivity contribution in [2.45, 2.75) is 52.1 Å². The van der Waals surface area contributed by atoms with Gasteiger partial charge in [-0.25, -0.2) is 0 Å². The first-order valence-corrected chi connectivity index (χ1v) is 9.46. The first-order chi connectivity index (χ1) is 12.6. The Bertz CT molecular complexity index is 630. The zero-order valence-corrected chi connectivity index (χ0v) is 16.5. The smallest absolute Gasteiger partial charge is 0.222 e. The third-order valence-electron chi connectivity index (χ3n) is 4.90. The van der Waals surface area contributed by atoms with Gasteiger partial charge in [-0.2, -0.15) is 0 Å². The lowest BCUT2D eigenvalue weighted by molar-refractivity contribution is -0.129. The van der Waals surface area contributed by atoms with Gasteiger partial charge in [-0.05, 0) is 37.8 Å². The van der Waals surface area contributed by atoms with Gasteiger partial charge in [0.2, 0.25) is 5.91 Å². The fourth-order valence-corrected chi connectivity index (χ4v) is 3.39. The SMILES string of the molecule is CCC(CCNC(=NC)NCc1ccc(C)cc1OC)N1CCCC1=O. The molecule has 2 rings (SSSR count). The van der Waals surface area contributed by atoms with Crippen LogP contribution in [-0.4, -0.2) is 50.1 Å². The minimum atomic E-state index is 0.297. The van der Waals surface area contributed by atoms with Crippen LogP contribution in [0.25, 0.3) is 0 Å². The molecule has 0 aliphatic carbocycles. The molecule has 0 radical (unpaired) electrons. The van der Waals surface area contributed by atoms with Crippen LogP contribution in [0.5, 0.6) is 5.75 Å². The van der Waals surface area contributed by atoms with Crippen LogP contribution in [0, 0.1) is 6.92 Å². The summed E-state index contributed by atoms with van der Waals surface area (Å²) < 4.78 is 5.45. The predicted octanol–water partition coefficient (Wildman–Crippen LogP) is 2.46. The molecule has 144 valence electrons. The van der Waals surface area contributed by atoms with Gasteiger partial charge in [0.1, 0.15) is 5.75 Å². The quantitative estimate of drug-likeness (QED) is 0.552. The lowest BCUT2D eigenvalue weighted by Gasteiger charge is -2.27. The summed E-state index contributed by atoms with van der Waals surface area (Å²) in [6.07, 6.45) is 3.60. The molecule has 1 aromatic carbocycles. The summed E-state index contributed by atoms with van der Waals surface area (Å²) in [4.78, 5) is 18.3. The molecule has 1 atom stereocenters. The molecule has 0 saturated carbocycles. The molecular weight excluding hydrogens is 328 g/mol. The van der Waals surface area contributed by atoms with Gasteiger partial charge in [0.25, 0.3) is 0 Å². The van der Waals surface area contributed by atoms with E-state index in [-0.39, 0.29) is 0 Å². The molecule has 2 N–H and O–H groups in total. The van der Waals surface area contributed by atoms with Crippen LogP contribution in [0.2, 0.25) is 0 Å². The van der Waals surface area contributed by atoms with Crippen LogP contribution in [0.1, 0.15) is 43.7 Å². The number of carbonyl (C=O) groups excluding carboxylic acids is 1. The highest BCUT2D eigenvalue weighted by molar-refractivity contribution is 5.80. The highest BCUT2D eigenvalue weighted by atomic mass is 16.5. The van der Waals surface area contributed by atoms with Crippen molar-refractivity contribution in [2.75, 3.05) is 27.2 Å². The Hall–Kier alpha value is -2.24. The number of carbonyl (C=O) groups is 1. The van der Waals surface area contributed by atoms with E-state index in [1.807, 2.05) is 11.0 Å². The highest BCUT2D eigenvalue weighted by Crippen LogP contribution is 2.20. The number of ether oxygens (including phenoxy) is 1. The van der Waals surface area contributed by atoms with E-state index >= 15 is 0 Å². The maximum atomic E-state index is 11.9. The number of guanidine groups is 1. The second kappa shape index (κ2) is 10.0. The first-order valence-electron chi connectivity index (χ1n) is 9.46. The van der Waals surface area contributed by atoms with Crippen LogP contribution in [0.4, 0.5) is 0 Å². The van der Waals surface area contributed by atoms with Crippen molar-refractivity contribution in [3.63, 3.8) is 0 Å². The van der Waals surface area contributed by atoms with E-state index in [2.05, 4.69) is 41.6 Å². The van der Waals surface area contributed by atoms with Crippen LogP contribution in [0.3, 0.4) is 0 Å². The Morgan fingerprint density at radius 2 is 2.19 bits per heavy atom. The van der Waals surface area contributed by atoms with Crippen molar-refractivity contribution in [2.24, 2.45) is 4.99 Å². The largest absolute Gasteiger partial charge is 0.496 e.